The standard InChI is InChI=1S/C15H22N2O3/c1-10(2)17(5)15(18)9-20-14-8-11(3)6-7-13(14)12(4)16-19/h6-8,10,19H,9H2,1-5H3. The van der Waals surface area contributed by atoms with Gasteiger partial charge in [-0.2, -0.15) is 0 Å². The van der Waals surface area contributed by atoms with Crippen LogP contribution in [0.25, 0.3) is 0 Å². The normalized spacial score (nSPS) is 11.6. The van der Waals surface area contributed by atoms with Crippen LogP contribution in [-0.2, 0) is 4.79 Å². The fourth-order valence-corrected chi connectivity index (χ4v) is 1.63. The lowest BCUT2D eigenvalue weighted by molar-refractivity contribution is -0.133. The molecule has 0 radical (unpaired) electrons. The fourth-order valence-electron chi connectivity index (χ4n) is 1.63. The molecule has 0 saturated heterocycles. The van der Waals surface area contributed by atoms with Crippen molar-refractivity contribution in [3.8, 4) is 5.75 Å². The summed E-state index contributed by atoms with van der Waals surface area (Å²) in [5.74, 6) is 0.455. The summed E-state index contributed by atoms with van der Waals surface area (Å²) in [7, 11) is 1.74. The smallest absolute Gasteiger partial charge is 0.260 e. The number of aryl methyl sites for hydroxylation is 1. The van der Waals surface area contributed by atoms with Crippen LogP contribution in [0.5, 0.6) is 5.75 Å². The Hall–Kier alpha value is -2.04. The van der Waals surface area contributed by atoms with Gasteiger partial charge in [0.15, 0.2) is 6.61 Å². The summed E-state index contributed by atoms with van der Waals surface area (Å²) in [5, 5.41) is 12.1. The molecule has 5 heteroatoms. The lowest BCUT2D eigenvalue weighted by Crippen LogP contribution is -2.36. The highest BCUT2D eigenvalue weighted by molar-refractivity contribution is 6.00. The van der Waals surface area contributed by atoms with Crippen LogP contribution in [0, 0.1) is 6.92 Å². The molecular weight excluding hydrogens is 256 g/mol. The second-order valence-electron chi connectivity index (χ2n) is 5.07. The van der Waals surface area contributed by atoms with Crippen molar-refractivity contribution in [2.45, 2.75) is 33.7 Å². The van der Waals surface area contributed by atoms with Crippen molar-refractivity contribution in [1.29, 1.82) is 0 Å². The summed E-state index contributed by atoms with van der Waals surface area (Å²) in [6, 6.07) is 5.67. The fraction of sp³-hybridized carbons (Fsp3) is 0.467. The van der Waals surface area contributed by atoms with Gasteiger partial charge in [-0.05, 0) is 45.4 Å². The van der Waals surface area contributed by atoms with E-state index in [0.717, 1.165) is 5.56 Å². The molecule has 1 aromatic rings. The average molecular weight is 278 g/mol. The van der Waals surface area contributed by atoms with Gasteiger partial charge in [-0.1, -0.05) is 11.2 Å². The monoisotopic (exact) mass is 278 g/mol. The van der Waals surface area contributed by atoms with Crippen molar-refractivity contribution in [3.05, 3.63) is 29.3 Å². The first-order chi connectivity index (χ1) is 9.36. The van der Waals surface area contributed by atoms with Gasteiger partial charge in [0.25, 0.3) is 5.91 Å². The third-order valence-corrected chi connectivity index (χ3v) is 3.20. The molecule has 1 rings (SSSR count). The van der Waals surface area contributed by atoms with E-state index in [2.05, 4.69) is 5.16 Å². The Kier molecular flexibility index (Phi) is 5.55. The second-order valence-corrected chi connectivity index (χ2v) is 5.07. The average Bonchev–Trinajstić information content (AvgIpc) is 2.42. The van der Waals surface area contributed by atoms with Crippen molar-refractivity contribution in [2.75, 3.05) is 13.7 Å². The second kappa shape index (κ2) is 6.93. The molecule has 20 heavy (non-hydrogen) atoms. The van der Waals surface area contributed by atoms with Crippen LogP contribution in [0.4, 0.5) is 0 Å². The molecule has 0 saturated carbocycles. The summed E-state index contributed by atoms with van der Waals surface area (Å²) < 4.78 is 5.59. The van der Waals surface area contributed by atoms with Gasteiger partial charge in [-0.25, -0.2) is 0 Å². The molecule has 0 bridgehead atoms. The summed E-state index contributed by atoms with van der Waals surface area (Å²) in [5.41, 5.74) is 2.14. The van der Waals surface area contributed by atoms with Gasteiger partial charge in [0, 0.05) is 18.7 Å². The third-order valence-electron chi connectivity index (χ3n) is 3.20. The van der Waals surface area contributed by atoms with E-state index < -0.39 is 0 Å². The van der Waals surface area contributed by atoms with E-state index >= 15 is 0 Å². The number of carbonyl (C=O) groups is 1. The first-order valence-electron chi connectivity index (χ1n) is 6.55. The number of hydrogen-bond donors (Lipinski definition) is 1. The summed E-state index contributed by atoms with van der Waals surface area (Å²) in [6.07, 6.45) is 0. The number of oxime groups is 1. The van der Waals surface area contributed by atoms with Crippen molar-refractivity contribution in [1.82, 2.24) is 4.90 Å². The Bertz CT molecular complexity index is 510. The van der Waals surface area contributed by atoms with Gasteiger partial charge < -0.3 is 14.8 Å². The van der Waals surface area contributed by atoms with Gasteiger partial charge in [0.1, 0.15) is 5.75 Å². The Morgan fingerprint density at radius 3 is 2.65 bits per heavy atom. The SMILES string of the molecule is CC(=NO)c1ccc(C)cc1OCC(=O)N(C)C(C)C. The quantitative estimate of drug-likeness (QED) is 0.511. The molecule has 0 heterocycles. The molecule has 0 spiro atoms. The van der Waals surface area contributed by atoms with E-state index in [1.165, 1.54) is 0 Å². The largest absolute Gasteiger partial charge is 0.483 e. The molecule has 1 aromatic carbocycles. The molecule has 110 valence electrons. The number of nitrogens with zero attached hydrogens (tertiary/aromatic N) is 2. The number of hydrogen-bond acceptors (Lipinski definition) is 4. The number of benzene rings is 1. The van der Waals surface area contributed by atoms with E-state index in [1.54, 1.807) is 18.9 Å². The van der Waals surface area contributed by atoms with E-state index in [4.69, 9.17) is 9.94 Å². The van der Waals surface area contributed by atoms with Crippen molar-refractivity contribution >= 4 is 11.6 Å². The van der Waals surface area contributed by atoms with Gasteiger partial charge in [0.2, 0.25) is 0 Å². The van der Waals surface area contributed by atoms with E-state index in [9.17, 15) is 4.79 Å². The molecule has 0 aromatic heterocycles. The van der Waals surface area contributed by atoms with E-state index in [0.29, 0.717) is 17.0 Å². The molecule has 1 amide bonds. The van der Waals surface area contributed by atoms with Gasteiger partial charge in [-0.15, -0.1) is 0 Å². The number of likely N-dealkylation sites (N-methyl/N-ethyl adjacent to an activating group) is 1. The van der Waals surface area contributed by atoms with Crippen molar-refractivity contribution in [2.24, 2.45) is 5.16 Å². The number of carbonyl (C=O) groups excluding carboxylic acids is 1. The zero-order valence-electron chi connectivity index (χ0n) is 12.7. The zero-order chi connectivity index (χ0) is 15.3. The van der Waals surface area contributed by atoms with Crippen molar-refractivity contribution in [3.63, 3.8) is 0 Å². The number of amides is 1. The van der Waals surface area contributed by atoms with Crippen molar-refractivity contribution < 1.29 is 14.7 Å². The Balaban J connectivity index is 2.87. The van der Waals surface area contributed by atoms with Crippen LogP contribution in [0.15, 0.2) is 23.4 Å². The molecule has 5 nitrogen and oxygen atoms in total. The van der Waals surface area contributed by atoms with E-state index in [-0.39, 0.29) is 18.6 Å². The van der Waals surface area contributed by atoms with Crippen LogP contribution >= 0.6 is 0 Å². The Labute approximate surface area is 119 Å². The molecule has 0 fully saturated rings. The number of rotatable bonds is 5. The molecule has 0 aliphatic heterocycles. The molecule has 0 atom stereocenters. The Morgan fingerprint density at radius 2 is 2.10 bits per heavy atom. The maximum absolute atomic E-state index is 11.9. The Morgan fingerprint density at radius 1 is 1.45 bits per heavy atom. The highest BCUT2D eigenvalue weighted by Gasteiger charge is 2.14. The maximum Gasteiger partial charge on any atom is 0.260 e. The summed E-state index contributed by atoms with van der Waals surface area (Å²) >= 11 is 0. The molecule has 1 N–H and O–H groups in total. The zero-order valence-corrected chi connectivity index (χ0v) is 12.7. The predicted molar refractivity (Wildman–Crippen MR) is 78.6 cm³/mol. The van der Waals surface area contributed by atoms with Crippen LogP contribution in [0.1, 0.15) is 31.9 Å². The molecule has 0 aliphatic carbocycles. The first-order valence-corrected chi connectivity index (χ1v) is 6.55. The van der Waals surface area contributed by atoms with Gasteiger partial charge in [-0.3, -0.25) is 4.79 Å². The van der Waals surface area contributed by atoms with Crippen LogP contribution in [0.2, 0.25) is 0 Å². The highest BCUT2D eigenvalue weighted by Crippen LogP contribution is 2.21. The summed E-state index contributed by atoms with van der Waals surface area (Å²) in [6.45, 7) is 7.46. The van der Waals surface area contributed by atoms with Crippen LogP contribution in [-0.4, -0.2) is 41.4 Å². The lowest BCUT2D eigenvalue weighted by Gasteiger charge is -2.21. The van der Waals surface area contributed by atoms with Crippen LogP contribution < -0.4 is 4.74 Å². The van der Waals surface area contributed by atoms with Gasteiger partial charge >= 0.3 is 0 Å². The number of ether oxygens (including phenoxy) is 1. The van der Waals surface area contributed by atoms with Crippen LogP contribution in [0.3, 0.4) is 0 Å². The first kappa shape index (κ1) is 16.0. The summed E-state index contributed by atoms with van der Waals surface area (Å²) in [4.78, 5) is 13.5. The topological polar surface area (TPSA) is 62.1 Å². The molecule has 0 aliphatic rings. The highest BCUT2D eigenvalue weighted by atomic mass is 16.5. The minimum Gasteiger partial charge on any atom is -0.483 e. The lowest BCUT2D eigenvalue weighted by atomic mass is 10.1. The predicted octanol–water partition coefficient (Wildman–Crippen LogP) is 2.44. The van der Waals surface area contributed by atoms with E-state index in [1.807, 2.05) is 39.0 Å². The minimum absolute atomic E-state index is 0.0379. The maximum atomic E-state index is 11.9. The van der Waals surface area contributed by atoms with Gasteiger partial charge in [0.05, 0.1) is 5.71 Å². The minimum atomic E-state index is -0.0916. The molecule has 0 unspecified atom stereocenters. The third kappa shape index (κ3) is 3.98. The molecular formula is C15H22N2O3.